The topological polar surface area (TPSA) is 35.8 Å². The average Bonchev–Trinajstić information content (AvgIpc) is 2.96. The van der Waals surface area contributed by atoms with Crippen molar-refractivity contribution in [2.45, 2.75) is 55.7 Å². The molecule has 0 radical (unpaired) electrons. The predicted octanol–water partition coefficient (Wildman–Crippen LogP) is 2.94. The molecule has 2 aliphatic rings. The summed E-state index contributed by atoms with van der Waals surface area (Å²) in [6.45, 7) is 1.11. The summed E-state index contributed by atoms with van der Waals surface area (Å²) in [4.78, 5) is 0. The first kappa shape index (κ1) is 12.3. The molecule has 0 aromatic carbocycles. The molecule has 0 aromatic heterocycles. The summed E-state index contributed by atoms with van der Waals surface area (Å²) in [5.41, 5.74) is 0. The van der Waals surface area contributed by atoms with Crippen LogP contribution in [0.1, 0.15) is 44.9 Å². The van der Waals surface area contributed by atoms with Gasteiger partial charge < -0.3 is 5.32 Å². The third kappa shape index (κ3) is 2.55. The first-order chi connectivity index (χ1) is 7.79. The number of nitriles is 1. The monoisotopic (exact) mass is 238 g/mol. The lowest BCUT2D eigenvalue weighted by Crippen LogP contribution is -2.42. The van der Waals surface area contributed by atoms with E-state index in [2.05, 4.69) is 17.6 Å². The lowest BCUT2D eigenvalue weighted by Gasteiger charge is -2.29. The molecular weight excluding hydrogens is 216 g/mol. The summed E-state index contributed by atoms with van der Waals surface area (Å²) in [6, 6.07) is 2.92. The second kappa shape index (κ2) is 5.42. The van der Waals surface area contributed by atoms with Crippen molar-refractivity contribution >= 4 is 11.8 Å². The molecule has 90 valence electrons. The largest absolute Gasteiger partial charge is 0.311 e. The van der Waals surface area contributed by atoms with Crippen LogP contribution in [0.15, 0.2) is 0 Å². The number of hydrogen-bond donors (Lipinski definition) is 1. The molecule has 2 atom stereocenters. The summed E-state index contributed by atoms with van der Waals surface area (Å²) >= 11 is 2.03. The molecule has 0 spiro atoms. The minimum Gasteiger partial charge on any atom is -0.311 e. The molecule has 0 aliphatic heterocycles. The predicted molar refractivity (Wildman–Crippen MR) is 69.5 cm³/mol. The Balaban J connectivity index is 1.84. The highest BCUT2D eigenvalue weighted by Crippen LogP contribution is 2.40. The lowest BCUT2D eigenvalue weighted by atomic mass is 10.0. The van der Waals surface area contributed by atoms with Crippen molar-refractivity contribution < 1.29 is 0 Å². The third-order valence-electron chi connectivity index (χ3n) is 4.32. The van der Waals surface area contributed by atoms with Gasteiger partial charge in [0, 0.05) is 17.3 Å². The fourth-order valence-electron chi connectivity index (χ4n) is 3.15. The van der Waals surface area contributed by atoms with E-state index in [0.717, 1.165) is 13.0 Å². The van der Waals surface area contributed by atoms with Gasteiger partial charge in [-0.2, -0.15) is 17.0 Å². The van der Waals surface area contributed by atoms with Crippen molar-refractivity contribution in [1.82, 2.24) is 5.32 Å². The van der Waals surface area contributed by atoms with Gasteiger partial charge in [0.15, 0.2) is 0 Å². The smallest absolute Gasteiger partial charge is 0.0672 e. The Kier molecular flexibility index (Phi) is 4.16. The summed E-state index contributed by atoms with van der Waals surface area (Å²) in [5, 5.41) is 12.7. The van der Waals surface area contributed by atoms with Gasteiger partial charge in [0.2, 0.25) is 0 Å². The molecular formula is C13H22N2S. The van der Waals surface area contributed by atoms with E-state index in [-0.39, 0.29) is 5.92 Å². The van der Waals surface area contributed by atoms with Crippen LogP contribution in [-0.2, 0) is 0 Å². The van der Waals surface area contributed by atoms with Gasteiger partial charge in [0.1, 0.15) is 0 Å². The number of nitrogens with one attached hydrogen (secondary N) is 1. The van der Waals surface area contributed by atoms with Gasteiger partial charge in [0.05, 0.1) is 12.0 Å². The third-order valence-corrected chi connectivity index (χ3v) is 5.73. The van der Waals surface area contributed by atoms with Crippen LogP contribution in [0.2, 0.25) is 0 Å². The Bertz CT molecular complexity index is 266. The fourth-order valence-corrected chi connectivity index (χ4v) is 4.07. The second-order valence-electron chi connectivity index (χ2n) is 5.25. The van der Waals surface area contributed by atoms with Gasteiger partial charge in [-0.25, -0.2) is 0 Å². The van der Waals surface area contributed by atoms with Crippen LogP contribution in [0.25, 0.3) is 0 Å². The Morgan fingerprint density at radius 3 is 2.69 bits per heavy atom. The molecule has 1 N–H and O–H groups in total. The van der Waals surface area contributed by atoms with Crippen LogP contribution in [0.3, 0.4) is 0 Å². The minimum atomic E-state index is 0.264. The van der Waals surface area contributed by atoms with Crippen LogP contribution in [0.4, 0.5) is 0 Å². The molecule has 0 heterocycles. The molecule has 16 heavy (non-hydrogen) atoms. The SMILES string of the molecule is CSC1(CNC2CCCC2C#N)CCCC1. The van der Waals surface area contributed by atoms with Gasteiger partial charge in [0.25, 0.3) is 0 Å². The van der Waals surface area contributed by atoms with Gasteiger partial charge in [-0.15, -0.1) is 0 Å². The minimum absolute atomic E-state index is 0.264. The zero-order valence-corrected chi connectivity index (χ0v) is 11.0. The van der Waals surface area contributed by atoms with E-state index in [0.29, 0.717) is 10.8 Å². The Morgan fingerprint density at radius 2 is 2.06 bits per heavy atom. The maximum atomic E-state index is 9.05. The van der Waals surface area contributed by atoms with Crippen LogP contribution >= 0.6 is 11.8 Å². The van der Waals surface area contributed by atoms with Gasteiger partial charge in [-0.05, 0) is 31.9 Å². The molecule has 2 fully saturated rings. The van der Waals surface area contributed by atoms with E-state index < -0.39 is 0 Å². The molecule has 2 rings (SSSR count). The van der Waals surface area contributed by atoms with E-state index in [1.54, 1.807) is 0 Å². The standard InChI is InChI=1S/C13H22N2S/c1-16-13(7-2-3-8-13)10-15-12-6-4-5-11(12)9-14/h11-12,15H,2-8,10H2,1H3. The molecule has 3 heteroatoms. The second-order valence-corrected chi connectivity index (χ2v) is 6.52. The molecule has 0 saturated heterocycles. The van der Waals surface area contributed by atoms with E-state index >= 15 is 0 Å². The normalized spacial score (nSPS) is 32.8. The molecule has 0 bridgehead atoms. The van der Waals surface area contributed by atoms with Crippen molar-refractivity contribution in [2.75, 3.05) is 12.8 Å². The van der Waals surface area contributed by atoms with Crippen molar-refractivity contribution in [3.63, 3.8) is 0 Å². The van der Waals surface area contributed by atoms with Crippen molar-refractivity contribution in [3.8, 4) is 6.07 Å². The van der Waals surface area contributed by atoms with Crippen molar-refractivity contribution in [1.29, 1.82) is 5.26 Å². The molecule has 2 unspecified atom stereocenters. The highest BCUT2D eigenvalue weighted by molar-refractivity contribution is 8.00. The maximum Gasteiger partial charge on any atom is 0.0672 e. The Hall–Kier alpha value is -0.200. The fraction of sp³-hybridized carbons (Fsp3) is 0.923. The average molecular weight is 238 g/mol. The molecule has 2 nitrogen and oxygen atoms in total. The van der Waals surface area contributed by atoms with Crippen molar-refractivity contribution in [3.05, 3.63) is 0 Å². The summed E-state index contributed by atoms with van der Waals surface area (Å²) < 4.78 is 0.475. The van der Waals surface area contributed by atoms with Gasteiger partial charge in [-0.3, -0.25) is 0 Å². The van der Waals surface area contributed by atoms with Crippen LogP contribution in [0.5, 0.6) is 0 Å². The molecule has 0 amide bonds. The quantitative estimate of drug-likeness (QED) is 0.818. The molecule has 2 saturated carbocycles. The number of nitrogens with zero attached hydrogens (tertiary/aromatic N) is 1. The Labute approximate surface area is 103 Å². The van der Waals surface area contributed by atoms with Crippen LogP contribution < -0.4 is 5.32 Å². The number of thioether (sulfide) groups is 1. The van der Waals surface area contributed by atoms with E-state index in [9.17, 15) is 0 Å². The zero-order chi connectivity index (χ0) is 11.4. The number of hydrogen-bond acceptors (Lipinski definition) is 3. The summed E-state index contributed by atoms with van der Waals surface area (Å²) in [6.07, 6.45) is 11.2. The first-order valence-electron chi connectivity index (χ1n) is 6.48. The van der Waals surface area contributed by atoms with Gasteiger partial charge in [-0.1, -0.05) is 19.3 Å². The highest BCUT2D eigenvalue weighted by Gasteiger charge is 2.35. The van der Waals surface area contributed by atoms with E-state index in [1.165, 1.54) is 38.5 Å². The van der Waals surface area contributed by atoms with Crippen LogP contribution in [-0.4, -0.2) is 23.6 Å². The molecule has 2 aliphatic carbocycles. The van der Waals surface area contributed by atoms with Gasteiger partial charge >= 0.3 is 0 Å². The highest BCUT2D eigenvalue weighted by atomic mass is 32.2. The van der Waals surface area contributed by atoms with Crippen molar-refractivity contribution in [2.24, 2.45) is 5.92 Å². The summed E-state index contributed by atoms with van der Waals surface area (Å²) in [7, 11) is 0. The van der Waals surface area contributed by atoms with E-state index in [1.807, 2.05) is 11.8 Å². The Morgan fingerprint density at radius 1 is 1.31 bits per heavy atom. The van der Waals surface area contributed by atoms with Crippen LogP contribution in [0, 0.1) is 17.2 Å². The zero-order valence-electron chi connectivity index (χ0n) is 10.2. The molecule has 0 aromatic rings. The number of rotatable bonds is 4. The van der Waals surface area contributed by atoms with E-state index in [4.69, 9.17) is 5.26 Å². The maximum absolute atomic E-state index is 9.05. The summed E-state index contributed by atoms with van der Waals surface area (Å²) in [5.74, 6) is 0.264. The first-order valence-corrected chi connectivity index (χ1v) is 7.70. The lowest BCUT2D eigenvalue weighted by molar-refractivity contribution is 0.426.